The van der Waals surface area contributed by atoms with E-state index in [9.17, 15) is 14.0 Å². The Labute approximate surface area is 220 Å². The van der Waals surface area contributed by atoms with Crippen molar-refractivity contribution in [3.05, 3.63) is 89.2 Å². The minimum atomic E-state index is -1.11. The van der Waals surface area contributed by atoms with Crippen LogP contribution < -0.4 is 14.7 Å². The number of rotatable bonds is 4. The third-order valence-corrected chi connectivity index (χ3v) is 8.82. The number of anilines is 3. The summed E-state index contributed by atoms with van der Waals surface area (Å²) in [5.74, 6) is -0.0999. The molecule has 0 bridgehead atoms. The maximum absolute atomic E-state index is 14.3. The molecule has 3 aromatic carbocycles. The van der Waals surface area contributed by atoms with Gasteiger partial charge in [-0.15, -0.1) is 11.8 Å². The van der Waals surface area contributed by atoms with E-state index in [2.05, 4.69) is 15.9 Å². The van der Waals surface area contributed by atoms with E-state index in [1.54, 1.807) is 11.0 Å². The van der Waals surface area contributed by atoms with Crippen LogP contribution in [0.1, 0.15) is 16.7 Å². The second-order valence-electron chi connectivity index (χ2n) is 9.96. The second-order valence-corrected chi connectivity index (χ2v) is 11.1. The highest BCUT2D eigenvalue weighted by Crippen LogP contribution is 2.55. The molecule has 0 aromatic heterocycles. The highest BCUT2D eigenvalue weighted by atomic mass is 32.2. The lowest BCUT2D eigenvalue weighted by molar-refractivity contribution is -0.124. The summed E-state index contributed by atoms with van der Waals surface area (Å²) in [6, 6.07) is 20.7. The molecular weight excluding hydrogens is 487 g/mol. The highest BCUT2D eigenvalue weighted by molar-refractivity contribution is 8.02. The summed E-state index contributed by atoms with van der Waals surface area (Å²) in [7, 11) is 0. The minimum Gasteiger partial charge on any atom is -0.367 e. The Morgan fingerprint density at radius 1 is 0.865 bits per heavy atom. The third kappa shape index (κ3) is 3.90. The number of aryl methyl sites for hydroxylation is 2. The van der Waals surface area contributed by atoms with Crippen LogP contribution in [0.5, 0.6) is 0 Å². The van der Waals surface area contributed by atoms with Crippen molar-refractivity contribution in [1.29, 1.82) is 0 Å². The molecule has 0 N–H and O–H groups in total. The third-order valence-electron chi connectivity index (χ3n) is 7.44. The van der Waals surface area contributed by atoms with Crippen molar-refractivity contribution in [2.24, 2.45) is 0 Å². The summed E-state index contributed by atoms with van der Waals surface area (Å²) in [5.41, 5.74) is 5.20. The molecular formula is C29H29FN4O2S. The van der Waals surface area contributed by atoms with Crippen LogP contribution in [0.2, 0.25) is 0 Å². The number of nitrogens with zero attached hydrogens (tertiary/aromatic N) is 4. The van der Waals surface area contributed by atoms with Gasteiger partial charge >= 0.3 is 0 Å². The fourth-order valence-electron chi connectivity index (χ4n) is 5.81. The normalized spacial score (nSPS) is 21.9. The number of carbonyl (C=O) groups is 2. The summed E-state index contributed by atoms with van der Waals surface area (Å²) >= 11 is 1.41. The van der Waals surface area contributed by atoms with Crippen molar-refractivity contribution >= 4 is 40.6 Å². The fraction of sp³-hybridized carbons (Fsp3) is 0.310. The zero-order valence-electron chi connectivity index (χ0n) is 21.0. The average molecular weight is 517 g/mol. The largest absolute Gasteiger partial charge is 0.367 e. The Kier molecular flexibility index (Phi) is 5.96. The monoisotopic (exact) mass is 516 g/mol. The van der Waals surface area contributed by atoms with Crippen molar-refractivity contribution in [2.75, 3.05) is 53.3 Å². The molecule has 190 valence electrons. The van der Waals surface area contributed by atoms with E-state index in [1.165, 1.54) is 17.8 Å². The lowest BCUT2D eigenvalue weighted by Crippen LogP contribution is -2.54. The number of thioether (sulfide) groups is 1. The van der Waals surface area contributed by atoms with Gasteiger partial charge in [-0.3, -0.25) is 24.3 Å². The first kappa shape index (κ1) is 24.0. The minimum absolute atomic E-state index is 0.0569. The van der Waals surface area contributed by atoms with E-state index in [1.807, 2.05) is 67.3 Å². The standard InChI is InChI=1S/C29H29FN4O2S/c1-20-15-21(2)17-22(16-20)34-27(35)18-37-29(34)23-7-3-5-9-25(23)33(28(29)36)19-31-11-13-32(14-12-31)26-10-6-4-8-24(26)30/h3-10,15-17H,11-14,18-19H2,1-2H3. The number of amides is 2. The number of piperazine rings is 1. The molecule has 3 aliphatic heterocycles. The lowest BCUT2D eigenvalue weighted by Gasteiger charge is -2.38. The number of halogens is 1. The first-order valence-electron chi connectivity index (χ1n) is 12.6. The number of hydrogen-bond donors (Lipinski definition) is 0. The maximum Gasteiger partial charge on any atom is 0.269 e. The van der Waals surface area contributed by atoms with Gasteiger partial charge in [0.25, 0.3) is 5.91 Å². The molecule has 2 saturated heterocycles. The topological polar surface area (TPSA) is 47.1 Å². The Morgan fingerprint density at radius 3 is 2.22 bits per heavy atom. The van der Waals surface area contributed by atoms with Crippen LogP contribution in [0.4, 0.5) is 21.5 Å². The van der Waals surface area contributed by atoms with E-state index in [0.29, 0.717) is 38.5 Å². The quantitative estimate of drug-likeness (QED) is 0.511. The van der Waals surface area contributed by atoms with Crippen molar-refractivity contribution in [3.63, 3.8) is 0 Å². The van der Waals surface area contributed by atoms with Gasteiger partial charge in [0.1, 0.15) is 5.82 Å². The van der Waals surface area contributed by atoms with Crippen molar-refractivity contribution in [2.45, 2.75) is 18.7 Å². The first-order chi connectivity index (χ1) is 17.9. The number of fused-ring (bicyclic) bond motifs is 2. The van der Waals surface area contributed by atoms with E-state index in [0.717, 1.165) is 28.1 Å². The average Bonchev–Trinajstić information content (AvgIpc) is 3.35. The molecule has 2 amide bonds. The molecule has 6 nitrogen and oxygen atoms in total. The Balaban J connectivity index is 1.29. The van der Waals surface area contributed by atoms with E-state index >= 15 is 0 Å². The van der Waals surface area contributed by atoms with Crippen molar-refractivity contribution in [1.82, 2.24) is 4.90 Å². The Bertz CT molecular complexity index is 1370. The van der Waals surface area contributed by atoms with Gasteiger partial charge in [-0.05, 0) is 55.3 Å². The smallest absolute Gasteiger partial charge is 0.269 e. The second kappa shape index (κ2) is 9.19. The zero-order chi connectivity index (χ0) is 25.7. The molecule has 0 radical (unpaired) electrons. The van der Waals surface area contributed by atoms with Gasteiger partial charge in [-0.2, -0.15) is 0 Å². The number of carbonyl (C=O) groups excluding carboxylic acids is 2. The summed E-state index contributed by atoms with van der Waals surface area (Å²) in [6.07, 6.45) is 0. The molecule has 1 unspecified atom stereocenters. The molecule has 1 atom stereocenters. The van der Waals surface area contributed by atoms with Gasteiger partial charge in [-0.25, -0.2) is 4.39 Å². The molecule has 8 heteroatoms. The Morgan fingerprint density at radius 2 is 1.51 bits per heavy atom. The van der Waals surface area contributed by atoms with Gasteiger partial charge in [0, 0.05) is 37.4 Å². The first-order valence-corrected chi connectivity index (χ1v) is 13.6. The van der Waals surface area contributed by atoms with Crippen molar-refractivity contribution < 1.29 is 14.0 Å². The zero-order valence-corrected chi connectivity index (χ0v) is 21.8. The fourth-order valence-corrected chi connectivity index (χ4v) is 7.17. The van der Waals surface area contributed by atoms with Crippen molar-refractivity contribution in [3.8, 4) is 0 Å². The number of benzene rings is 3. The van der Waals surface area contributed by atoms with Crippen LogP contribution in [0.25, 0.3) is 0 Å². The van der Waals surface area contributed by atoms with Crippen LogP contribution in [0, 0.1) is 19.7 Å². The predicted molar refractivity (Wildman–Crippen MR) is 147 cm³/mol. The molecule has 1 spiro atoms. The number of hydrogen-bond acceptors (Lipinski definition) is 5. The van der Waals surface area contributed by atoms with E-state index in [-0.39, 0.29) is 23.4 Å². The summed E-state index contributed by atoms with van der Waals surface area (Å²) in [4.78, 5) is 34.3. The molecule has 2 fully saturated rings. The van der Waals surface area contributed by atoms with Gasteiger partial charge in [-0.1, -0.05) is 36.4 Å². The van der Waals surface area contributed by atoms with Crippen LogP contribution in [-0.4, -0.2) is 55.3 Å². The van der Waals surface area contributed by atoms with Gasteiger partial charge < -0.3 is 4.90 Å². The molecule has 6 rings (SSSR count). The van der Waals surface area contributed by atoms with E-state index in [4.69, 9.17) is 0 Å². The molecule has 3 aromatic rings. The SMILES string of the molecule is Cc1cc(C)cc(N2C(=O)CSC23C(=O)N(CN2CCN(c4ccccc4F)CC2)c2ccccc23)c1. The van der Waals surface area contributed by atoms with Crippen LogP contribution in [-0.2, 0) is 14.5 Å². The maximum atomic E-state index is 14.3. The van der Waals surface area contributed by atoms with Gasteiger partial charge in [0.15, 0.2) is 0 Å². The summed E-state index contributed by atoms with van der Waals surface area (Å²) < 4.78 is 14.3. The van der Waals surface area contributed by atoms with E-state index < -0.39 is 4.87 Å². The number of para-hydroxylation sites is 2. The molecule has 0 aliphatic carbocycles. The van der Waals surface area contributed by atoms with Gasteiger partial charge in [0.05, 0.1) is 23.8 Å². The van der Waals surface area contributed by atoms with Gasteiger partial charge in [0.2, 0.25) is 10.8 Å². The van der Waals surface area contributed by atoms with Crippen LogP contribution in [0.15, 0.2) is 66.7 Å². The predicted octanol–water partition coefficient (Wildman–Crippen LogP) is 4.50. The summed E-state index contributed by atoms with van der Waals surface area (Å²) in [6.45, 7) is 7.22. The summed E-state index contributed by atoms with van der Waals surface area (Å²) in [5, 5.41) is 0. The van der Waals surface area contributed by atoms with Crippen LogP contribution >= 0.6 is 11.8 Å². The molecule has 3 aliphatic rings. The molecule has 3 heterocycles. The highest BCUT2D eigenvalue weighted by Gasteiger charge is 2.61. The lowest BCUT2D eigenvalue weighted by atomic mass is 10.0. The van der Waals surface area contributed by atoms with Crippen LogP contribution in [0.3, 0.4) is 0 Å². The molecule has 37 heavy (non-hydrogen) atoms. The molecule has 0 saturated carbocycles. The Hall–Kier alpha value is -3.36.